The maximum atomic E-state index is 12.6. The molecule has 4 heteroatoms. The highest BCUT2D eigenvalue weighted by atomic mass is 16.5. The van der Waals surface area contributed by atoms with E-state index in [1.165, 1.54) is 0 Å². The van der Waals surface area contributed by atoms with E-state index in [0.29, 0.717) is 11.3 Å². The minimum atomic E-state index is -0.0669. The monoisotopic (exact) mass is 396 g/mol. The number of ketones is 1. The summed E-state index contributed by atoms with van der Waals surface area (Å²) in [7, 11) is 1.60. The fourth-order valence-corrected chi connectivity index (χ4v) is 2.96. The van der Waals surface area contributed by atoms with Gasteiger partial charge >= 0.3 is 0 Å². The fraction of sp³-hybridized carbons (Fsp3) is 0.400. The lowest BCUT2D eigenvalue weighted by Gasteiger charge is -2.19. The third kappa shape index (κ3) is 6.67. The molecule has 156 valence electrons. The first-order valence-corrected chi connectivity index (χ1v) is 10.2. The predicted octanol–water partition coefficient (Wildman–Crippen LogP) is 6.12. The third-order valence-electron chi connectivity index (χ3n) is 4.23. The second-order valence-corrected chi connectivity index (χ2v) is 7.51. The Balaban J connectivity index is 2.37. The van der Waals surface area contributed by atoms with E-state index >= 15 is 0 Å². The van der Waals surface area contributed by atoms with Crippen LogP contribution in [-0.2, 0) is 6.42 Å². The summed E-state index contributed by atoms with van der Waals surface area (Å²) in [6.45, 7) is 10.1. The lowest BCUT2D eigenvalue weighted by atomic mass is 10.0. The molecule has 0 spiro atoms. The van der Waals surface area contributed by atoms with Crippen LogP contribution in [0.2, 0.25) is 0 Å². The molecule has 0 bridgehead atoms. The molecular formula is C25H32O4. The molecule has 0 unspecified atom stereocenters. The predicted molar refractivity (Wildman–Crippen MR) is 118 cm³/mol. The second kappa shape index (κ2) is 10.7. The Bertz CT molecular complexity index is 833. The maximum Gasteiger partial charge on any atom is 0.185 e. The van der Waals surface area contributed by atoms with Crippen LogP contribution in [0.1, 0.15) is 62.5 Å². The minimum Gasteiger partial charge on any atom is -0.497 e. The van der Waals surface area contributed by atoms with Crippen LogP contribution < -0.4 is 14.2 Å². The SMILES string of the molecule is CCCc1cc(C=CC(=O)c2ccc(OC)cc2)c(OC(C)C)cc1OC(C)C. The topological polar surface area (TPSA) is 44.8 Å². The average molecular weight is 397 g/mol. The van der Waals surface area contributed by atoms with Gasteiger partial charge in [-0.25, -0.2) is 0 Å². The van der Waals surface area contributed by atoms with E-state index in [9.17, 15) is 4.79 Å². The Morgan fingerprint density at radius 2 is 1.59 bits per heavy atom. The van der Waals surface area contributed by atoms with Crippen LogP contribution in [0.25, 0.3) is 6.08 Å². The van der Waals surface area contributed by atoms with Crippen molar-refractivity contribution in [1.82, 2.24) is 0 Å². The van der Waals surface area contributed by atoms with E-state index in [1.54, 1.807) is 37.5 Å². The van der Waals surface area contributed by atoms with Gasteiger partial charge in [0.05, 0.1) is 19.3 Å². The number of hydrogen-bond donors (Lipinski definition) is 0. The summed E-state index contributed by atoms with van der Waals surface area (Å²) < 4.78 is 17.2. The van der Waals surface area contributed by atoms with Crippen molar-refractivity contribution in [3.05, 3.63) is 59.2 Å². The van der Waals surface area contributed by atoms with Gasteiger partial charge in [0, 0.05) is 17.2 Å². The van der Waals surface area contributed by atoms with Gasteiger partial charge in [-0.05, 0) is 82.2 Å². The summed E-state index contributed by atoms with van der Waals surface area (Å²) >= 11 is 0. The van der Waals surface area contributed by atoms with Crippen molar-refractivity contribution in [2.45, 2.75) is 59.7 Å². The summed E-state index contributed by atoms with van der Waals surface area (Å²) in [6, 6.07) is 11.1. The molecule has 0 aromatic heterocycles. The van der Waals surface area contributed by atoms with Gasteiger partial charge in [-0.2, -0.15) is 0 Å². The zero-order valence-corrected chi connectivity index (χ0v) is 18.3. The van der Waals surface area contributed by atoms with Gasteiger partial charge < -0.3 is 14.2 Å². The molecule has 0 radical (unpaired) electrons. The van der Waals surface area contributed by atoms with Crippen LogP contribution in [0.5, 0.6) is 17.2 Å². The van der Waals surface area contributed by atoms with Gasteiger partial charge in [0.25, 0.3) is 0 Å². The Hall–Kier alpha value is -2.75. The molecule has 4 nitrogen and oxygen atoms in total. The van der Waals surface area contributed by atoms with Crippen LogP contribution in [-0.4, -0.2) is 25.1 Å². The van der Waals surface area contributed by atoms with Crippen molar-refractivity contribution in [3.8, 4) is 17.2 Å². The zero-order valence-electron chi connectivity index (χ0n) is 18.3. The molecule has 0 heterocycles. The molecule has 2 rings (SSSR count). The van der Waals surface area contributed by atoms with Crippen molar-refractivity contribution in [2.24, 2.45) is 0 Å². The third-order valence-corrected chi connectivity index (χ3v) is 4.23. The number of ether oxygens (including phenoxy) is 3. The van der Waals surface area contributed by atoms with Gasteiger partial charge in [-0.15, -0.1) is 0 Å². The second-order valence-electron chi connectivity index (χ2n) is 7.51. The normalized spacial score (nSPS) is 11.3. The maximum absolute atomic E-state index is 12.6. The fourth-order valence-electron chi connectivity index (χ4n) is 2.96. The van der Waals surface area contributed by atoms with E-state index < -0.39 is 0 Å². The van der Waals surface area contributed by atoms with Crippen LogP contribution in [0.3, 0.4) is 0 Å². The largest absolute Gasteiger partial charge is 0.497 e. The van der Waals surface area contributed by atoms with Crippen molar-refractivity contribution in [3.63, 3.8) is 0 Å². The highest BCUT2D eigenvalue weighted by molar-refractivity contribution is 6.07. The highest BCUT2D eigenvalue weighted by Gasteiger charge is 2.13. The number of hydrogen-bond acceptors (Lipinski definition) is 4. The summed E-state index contributed by atoms with van der Waals surface area (Å²) in [5.74, 6) is 2.22. The van der Waals surface area contributed by atoms with Crippen LogP contribution in [0.4, 0.5) is 0 Å². The number of carbonyl (C=O) groups is 1. The summed E-state index contributed by atoms with van der Waals surface area (Å²) in [5.41, 5.74) is 2.61. The number of rotatable bonds is 10. The highest BCUT2D eigenvalue weighted by Crippen LogP contribution is 2.33. The number of allylic oxidation sites excluding steroid dienone is 1. The minimum absolute atomic E-state index is 0.0170. The molecule has 0 aliphatic heterocycles. The van der Waals surface area contributed by atoms with Gasteiger partial charge in [-0.3, -0.25) is 4.79 Å². The molecule has 0 atom stereocenters. The molecule has 29 heavy (non-hydrogen) atoms. The molecule has 0 amide bonds. The Labute approximate surface area is 174 Å². The van der Waals surface area contributed by atoms with E-state index in [2.05, 4.69) is 13.0 Å². The molecule has 0 saturated carbocycles. The van der Waals surface area contributed by atoms with Gasteiger partial charge in [0.2, 0.25) is 0 Å². The Kier molecular flexibility index (Phi) is 8.32. The molecule has 0 aliphatic rings. The first-order valence-electron chi connectivity index (χ1n) is 10.2. The smallest absolute Gasteiger partial charge is 0.185 e. The van der Waals surface area contributed by atoms with E-state index in [0.717, 1.165) is 35.5 Å². The lowest BCUT2D eigenvalue weighted by molar-refractivity contribution is 0.104. The van der Waals surface area contributed by atoms with Crippen molar-refractivity contribution in [2.75, 3.05) is 7.11 Å². The number of benzene rings is 2. The molecule has 2 aromatic rings. The quantitative estimate of drug-likeness (QED) is 0.358. The van der Waals surface area contributed by atoms with Crippen LogP contribution in [0.15, 0.2) is 42.5 Å². The molecular weight excluding hydrogens is 364 g/mol. The number of carbonyl (C=O) groups excluding carboxylic acids is 1. The van der Waals surface area contributed by atoms with E-state index in [4.69, 9.17) is 14.2 Å². The average Bonchev–Trinajstić information content (AvgIpc) is 2.68. The first-order chi connectivity index (χ1) is 13.8. The van der Waals surface area contributed by atoms with Crippen molar-refractivity contribution < 1.29 is 19.0 Å². The molecule has 0 aliphatic carbocycles. The van der Waals surface area contributed by atoms with E-state index in [-0.39, 0.29) is 18.0 Å². The Morgan fingerprint density at radius 1 is 0.966 bits per heavy atom. The van der Waals surface area contributed by atoms with Crippen LogP contribution in [0, 0.1) is 0 Å². The summed E-state index contributed by atoms with van der Waals surface area (Å²) in [5, 5.41) is 0. The first kappa shape index (κ1) is 22.5. The Morgan fingerprint density at radius 3 is 2.14 bits per heavy atom. The summed E-state index contributed by atoms with van der Waals surface area (Å²) in [6.07, 6.45) is 5.41. The number of aryl methyl sites for hydroxylation is 1. The van der Waals surface area contributed by atoms with Crippen LogP contribution >= 0.6 is 0 Å². The molecule has 2 aromatic carbocycles. The number of methoxy groups -OCH3 is 1. The lowest BCUT2D eigenvalue weighted by Crippen LogP contribution is -2.10. The van der Waals surface area contributed by atoms with E-state index in [1.807, 2.05) is 39.8 Å². The zero-order chi connectivity index (χ0) is 21.4. The molecule has 0 N–H and O–H groups in total. The standard InChI is InChI=1S/C25H32O4/c1-7-8-20-15-21(25(29-18(4)5)16-24(20)28-17(2)3)11-14-23(26)19-9-12-22(27-6)13-10-19/h9-18H,7-8H2,1-6H3. The summed E-state index contributed by atoms with van der Waals surface area (Å²) in [4.78, 5) is 12.6. The molecule has 0 saturated heterocycles. The molecule has 0 fully saturated rings. The van der Waals surface area contributed by atoms with Crippen molar-refractivity contribution >= 4 is 11.9 Å². The van der Waals surface area contributed by atoms with Gasteiger partial charge in [-0.1, -0.05) is 13.3 Å². The van der Waals surface area contributed by atoms with Crippen molar-refractivity contribution in [1.29, 1.82) is 0 Å². The van der Waals surface area contributed by atoms with Gasteiger partial charge in [0.15, 0.2) is 5.78 Å². The van der Waals surface area contributed by atoms with Gasteiger partial charge in [0.1, 0.15) is 17.2 Å².